The number of sulfonamides is 1. The van der Waals surface area contributed by atoms with E-state index in [-0.39, 0.29) is 22.6 Å². The average molecular weight is 444 g/mol. The molecule has 1 saturated carbocycles. The molecule has 0 saturated heterocycles. The zero-order chi connectivity index (χ0) is 22.1. The number of anilines is 2. The number of pyridine rings is 1. The van der Waals surface area contributed by atoms with Crippen LogP contribution in [0.4, 0.5) is 11.4 Å². The van der Waals surface area contributed by atoms with Crippen LogP contribution in [0.3, 0.4) is 0 Å². The Labute approximate surface area is 186 Å². The van der Waals surface area contributed by atoms with E-state index >= 15 is 0 Å². The van der Waals surface area contributed by atoms with Crippen LogP contribution >= 0.6 is 0 Å². The Hall–Kier alpha value is -3.71. The predicted octanol–water partition coefficient (Wildman–Crippen LogP) is 4.78. The van der Waals surface area contributed by atoms with E-state index in [9.17, 15) is 13.2 Å². The van der Waals surface area contributed by atoms with E-state index in [1.807, 2.05) is 42.5 Å². The van der Waals surface area contributed by atoms with Gasteiger partial charge in [0.1, 0.15) is 0 Å². The Bertz CT molecular complexity index is 1390. The maximum Gasteiger partial charge on any atom is 0.261 e. The van der Waals surface area contributed by atoms with Crippen molar-refractivity contribution in [1.29, 1.82) is 0 Å². The van der Waals surface area contributed by atoms with Gasteiger partial charge in [0.15, 0.2) is 0 Å². The van der Waals surface area contributed by atoms with Gasteiger partial charge >= 0.3 is 0 Å². The molecule has 160 valence electrons. The van der Waals surface area contributed by atoms with Crippen molar-refractivity contribution in [2.75, 3.05) is 10.0 Å². The first kappa shape index (κ1) is 20.2. The summed E-state index contributed by atoms with van der Waals surface area (Å²) in [7, 11) is -3.69. The number of aromatic nitrogens is 1. The maximum absolute atomic E-state index is 12.7. The van der Waals surface area contributed by atoms with Gasteiger partial charge in [0.2, 0.25) is 5.91 Å². The molecule has 0 spiro atoms. The number of nitrogens with one attached hydrogen (secondary N) is 2. The fourth-order valence-electron chi connectivity index (χ4n) is 3.89. The van der Waals surface area contributed by atoms with Crippen molar-refractivity contribution in [3.8, 4) is 0 Å². The van der Waals surface area contributed by atoms with Crippen LogP contribution in [-0.2, 0) is 14.8 Å². The molecule has 0 bridgehead atoms. The summed E-state index contributed by atoms with van der Waals surface area (Å²) in [4.78, 5) is 16.8. The third-order valence-electron chi connectivity index (χ3n) is 5.68. The highest BCUT2D eigenvalue weighted by atomic mass is 32.2. The lowest BCUT2D eigenvalue weighted by atomic mass is 10.1. The molecule has 1 aliphatic carbocycles. The topological polar surface area (TPSA) is 88.2 Å². The summed E-state index contributed by atoms with van der Waals surface area (Å²) >= 11 is 0. The van der Waals surface area contributed by atoms with E-state index in [2.05, 4.69) is 15.0 Å². The first-order valence-electron chi connectivity index (χ1n) is 10.3. The number of carbonyl (C=O) groups excluding carboxylic acids is 1. The van der Waals surface area contributed by atoms with Crippen molar-refractivity contribution >= 4 is 38.1 Å². The minimum absolute atomic E-state index is 0.0137. The summed E-state index contributed by atoms with van der Waals surface area (Å²) in [6.45, 7) is 0. The second-order valence-corrected chi connectivity index (χ2v) is 9.60. The smallest absolute Gasteiger partial charge is 0.261 e. The van der Waals surface area contributed by atoms with Gasteiger partial charge < -0.3 is 5.32 Å². The Morgan fingerprint density at radius 1 is 0.875 bits per heavy atom. The second kappa shape index (κ2) is 8.09. The lowest BCUT2D eigenvalue weighted by molar-refractivity contribution is -0.117. The summed E-state index contributed by atoms with van der Waals surface area (Å²) in [6, 6.07) is 23.9. The van der Waals surface area contributed by atoms with E-state index in [0.29, 0.717) is 5.69 Å². The molecule has 6 nitrogen and oxygen atoms in total. The zero-order valence-corrected chi connectivity index (χ0v) is 17.9. The molecule has 2 N–H and O–H groups in total. The van der Waals surface area contributed by atoms with Gasteiger partial charge in [0, 0.05) is 17.8 Å². The van der Waals surface area contributed by atoms with Gasteiger partial charge in [0.05, 0.1) is 16.8 Å². The predicted molar refractivity (Wildman–Crippen MR) is 125 cm³/mol. The van der Waals surface area contributed by atoms with Crippen molar-refractivity contribution < 1.29 is 13.2 Å². The third kappa shape index (κ3) is 4.20. The SMILES string of the molecule is O=C(Nc1ccc2ccccc2c1)[C@@H]1CC1c1ccc(S(=O)(=O)Nc2cccnc2)cc1. The van der Waals surface area contributed by atoms with Crippen molar-refractivity contribution in [3.63, 3.8) is 0 Å². The molecular formula is C25H21N3O3S. The fourth-order valence-corrected chi connectivity index (χ4v) is 4.93. The largest absolute Gasteiger partial charge is 0.326 e. The molecule has 0 aliphatic heterocycles. The number of hydrogen-bond acceptors (Lipinski definition) is 4. The highest BCUT2D eigenvalue weighted by Crippen LogP contribution is 2.48. The summed E-state index contributed by atoms with van der Waals surface area (Å²) in [6.07, 6.45) is 3.78. The van der Waals surface area contributed by atoms with Crippen LogP contribution in [0.1, 0.15) is 17.9 Å². The Kier molecular flexibility index (Phi) is 5.11. The van der Waals surface area contributed by atoms with Crippen LogP contribution in [0.25, 0.3) is 10.8 Å². The van der Waals surface area contributed by atoms with Crippen molar-refractivity contribution in [2.45, 2.75) is 17.2 Å². The number of nitrogens with zero attached hydrogens (tertiary/aromatic N) is 1. The minimum Gasteiger partial charge on any atom is -0.326 e. The second-order valence-electron chi connectivity index (χ2n) is 7.92. The number of rotatable bonds is 6. The molecule has 2 atom stereocenters. The first-order chi connectivity index (χ1) is 15.5. The summed E-state index contributed by atoms with van der Waals surface area (Å²) < 4.78 is 27.6. The molecule has 7 heteroatoms. The monoisotopic (exact) mass is 443 g/mol. The van der Waals surface area contributed by atoms with Gasteiger partial charge in [-0.05, 0) is 65.1 Å². The van der Waals surface area contributed by atoms with Crippen LogP contribution in [0.5, 0.6) is 0 Å². The summed E-state index contributed by atoms with van der Waals surface area (Å²) in [5.41, 5.74) is 2.15. The van der Waals surface area contributed by atoms with Crippen molar-refractivity contribution in [1.82, 2.24) is 4.98 Å². The van der Waals surface area contributed by atoms with E-state index in [1.54, 1.807) is 42.6 Å². The minimum atomic E-state index is -3.69. The fraction of sp³-hybridized carbons (Fsp3) is 0.120. The van der Waals surface area contributed by atoms with E-state index in [4.69, 9.17) is 0 Å². The number of fused-ring (bicyclic) bond motifs is 1. The quantitative estimate of drug-likeness (QED) is 0.449. The molecule has 5 rings (SSSR count). The number of hydrogen-bond donors (Lipinski definition) is 2. The van der Waals surface area contributed by atoms with Gasteiger partial charge in [-0.25, -0.2) is 8.42 Å². The zero-order valence-electron chi connectivity index (χ0n) is 17.1. The Balaban J connectivity index is 1.24. The molecule has 4 aromatic rings. The molecule has 1 amide bonds. The number of carbonyl (C=O) groups is 1. The maximum atomic E-state index is 12.7. The van der Waals surface area contributed by atoms with Crippen LogP contribution in [0, 0.1) is 5.92 Å². The Morgan fingerprint density at radius 3 is 2.41 bits per heavy atom. The van der Waals surface area contributed by atoms with Crippen molar-refractivity contribution in [3.05, 3.63) is 96.8 Å². The Morgan fingerprint density at radius 2 is 1.66 bits per heavy atom. The van der Waals surface area contributed by atoms with Gasteiger partial charge in [-0.2, -0.15) is 0 Å². The van der Waals surface area contributed by atoms with Crippen LogP contribution in [0.2, 0.25) is 0 Å². The molecule has 1 unspecified atom stereocenters. The highest BCUT2D eigenvalue weighted by molar-refractivity contribution is 7.92. The van der Waals surface area contributed by atoms with Gasteiger partial charge in [-0.1, -0.05) is 42.5 Å². The highest BCUT2D eigenvalue weighted by Gasteiger charge is 2.44. The van der Waals surface area contributed by atoms with Crippen LogP contribution in [0.15, 0.2) is 96.2 Å². The molecule has 32 heavy (non-hydrogen) atoms. The normalized spacial score (nSPS) is 17.6. The van der Waals surface area contributed by atoms with E-state index in [1.165, 1.54) is 6.20 Å². The van der Waals surface area contributed by atoms with Crippen molar-refractivity contribution in [2.24, 2.45) is 5.92 Å². The molecule has 1 aliphatic rings. The van der Waals surface area contributed by atoms with E-state index < -0.39 is 10.0 Å². The lowest BCUT2D eigenvalue weighted by Crippen LogP contribution is -2.14. The van der Waals surface area contributed by atoms with Gasteiger partial charge in [-0.3, -0.25) is 14.5 Å². The molecule has 1 fully saturated rings. The standard InChI is InChI=1S/C25H21N3O3S/c29-25(27-20-10-7-17-4-1-2-5-19(17)14-20)24-15-23(24)18-8-11-22(12-9-18)32(30,31)28-21-6-3-13-26-16-21/h1-14,16,23-24,28H,15H2,(H,27,29)/t23?,24-/m1/s1. The average Bonchev–Trinajstić information content (AvgIpc) is 3.61. The van der Waals surface area contributed by atoms with E-state index in [0.717, 1.165) is 28.4 Å². The van der Waals surface area contributed by atoms with Crippen LogP contribution in [-0.4, -0.2) is 19.3 Å². The first-order valence-corrected chi connectivity index (χ1v) is 11.8. The lowest BCUT2D eigenvalue weighted by Gasteiger charge is -2.09. The molecular weight excluding hydrogens is 422 g/mol. The third-order valence-corrected chi connectivity index (χ3v) is 7.07. The summed E-state index contributed by atoms with van der Waals surface area (Å²) in [5.74, 6) is -0.0313. The molecule has 0 radical (unpaired) electrons. The summed E-state index contributed by atoms with van der Waals surface area (Å²) in [5, 5.41) is 5.21. The van der Waals surface area contributed by atoms with Gasteiger partial charge in [-0.15, -0.1) is 0 Å². The van der Waals surface area contributed by atoms with Crippen LogP contribution < -0.4 is 10.0 Å². The van der Waals surface area contributed by atoms with Gasteiger partial charge in [0.25, 0.3) is 10.0 Å². The number of amides is 1. The number of benzene rings is 3. The molecule has 3 aromatic carbocycles. The molecule has 1 aromatic heterocycles. The molecule has 1 heterocycles.